The van der Waals surface area contributed by atoms with Crippen molar-refractivity contribution in [3.05, 3.63) is 133 Å². The Hall–Kier alpha value is -4.61. The second-order valence-corrected chi connectivity index (χ2v) is 11.0. The summed E-state index contributed by atoms with van der Waals surface area (Å²) in [5.74, 6) is -1.70. The molecule has 1 amide bonds. The summed E-state index contributed by atoms with van der Waals surface area (Å²) in [5.41, 5.74) is 7.98. The number of amides is 1. The van der Waals surface area contributed by atoms with Crippen molar-refractivity contribution in [1.82, 2.24) is 19.4 Å². The van der Waals surface area contributed by atoms with Crippen LogP contribution in [0.1, 0.15) is 38.8 Å². The molecule has 0 aliphatic carbocycles. The number of nitrogens with one attached hydrogen (secondary N) is 1. The summed E-state index contributed by atoms with van der Waals surface area (Å²) < 4.78 is 31.7. The molecule has 0 saturated carbocycles. The van der Waals surface area contributed by atoms with Crippen molar-refractivity contribution < 1.29 is 13.6 Å². The van der Waals surface area contributed by atoms with Crippen LogP contribution >= 0.6 is 0 Å². The molecule has 1 saturated heterocycles. The van der Waals surface area contributed by atoms with Crippen molar-refractivity contribution in [2.75, 3.05) is 38.1 Å². The Morgan fingerprint density at radius 1 is 0.886 bits per heavy atom. The number of rotatable bonds is 9. The fourth-order valence-corrected chi connectivity index (χ4v) is 5.68. The lowest BCUT2D eigenvalue weighted by atomic mass is 10.1. The largest absolute Gasteiger partial charge is 0.363 e. The topological polar surface area (TPSA) is 106 Å². The molecule has 1 fully saturated rings. The third-order valence-corrected chi connectivity index (χ3v) is 8.15. The van der Waals surface area contributed by atoms with Crippen LogP contribution in [0.4, 0.5) is 14.5 Å². The van der Waals surface area contributed by atoms with E-state index < -0.39 is 28.9 Å². The van der Waals surface area contributed by atoms with Crippen LogP contribution in [0.3, 0.4) is 0 Å². The second-order valence-electron chi connectivity index (χ2n) is 11.0. The molecule has 0 bridgehead atoms. The van der Waals surface area contributed by atoms with Gasteiger partial charge in [0, 0.05) is 62.6 Å². The molecule has 1 aliphatic rings. The minimum absolute atomic E-state index is 0.101. The van der Waals surface area contributed by atoms with Gasteiger partial charge >= 0.3 is 5.69 Å². The van der Waals surface area contributed by atoms with Crippen LogP contribution in [-0.2, 0) is 19.6 Å². The van der Waals surface area contributed by atoms with Gasteiger partial charge in [0.25, 0.3) is 11.5 Å². The molecule has 11 heteroatoms. The van der Waals surface area contributed by atoms with Gasteiger partial charge in [-0.1, -0.05) is 48.5 Å². The summed E-state index contributed by atoms with van der Waals surface area (Å²) in [6.07, 6.45) is 0. The summed E-state index contributed by atoms with van der Waals surface area (Å²) in [6, 6.07) is 19.5. The van der Waals surface area contributed by atoms with Crippen molar-refractivity contribution in [3.63, 3.8) is 0 Å². The molecule has 0 spiro atoms. The highest BCUT2D eigenvalue weighted by atomic mass is 19.1. The Morgan fingerprint density at radius 3 is 2.20 bits per heavy atom. The first kappa shape index (κ1) is 30.8. The van der Waals surface area contributed by atoms with Gasteiger partial charge in [-0.05, 0) is 42.3 Å². The van der Waals surface area contributed by atoms with Gasteiger partial charge in [0.15, 0.2) is 0 Å². The lowest BCUT2D eigenvalue weighted by Gasteiger charge is -2.37. The molecule has 9 nitrogen and oxygen atoms in total. The summed E-state index contributed by atoms with van der Waals surface area (Å²) in [5, 5.41) is 2.64. The van der Waals surface area contributed by atoms with Crippen molar-refractivity contribution in [2.45, 2.75) is 32.6 Å². The number of nitrogens with two attached hydrogens (primary N) is 1. The number of carbonyl (C=O) groups excluding carboxylic acids is 1. The molecule has 2 heterocycles. The third-order valence-electron chi connectivity index (χ3n) is 8.15. The van der Waals surface area contributed by atoms with Crippen LogP contribution in [0, 0.1) is 18.6 Å². The SMILES string of the molecule is CNC(=O)c1cccc(CN2CCN(c3c(C)n(Cc4c(F)cccc4F)c(=O)n(C[C@H](N)c4ccccc4)c3=O)CC2)c1. The molecule has 1 aliphatic heterocycles. The maximum Gasteiger partial charge on any atom is 0.331 e. The number of halogens is 2. The number of nitrogens with zero attached hydrogens (tertiary/aromatic N) is 4. The summed E-state index contributed by atoms with van der Waals surface area (Å²) in [7, 11) is 1.59. The Labute approximate surface area is 254 Å². The van der Waals surface area contributed by atoms with E-state index in [1.807, 2.05) is 53.4 Å². The molecule has 0 unspecified atom stereocenters. The normalized spacial score (nSPS) is 14.4. The number of carbonyl (C=O) groups is 1. The standard InChI is InChI=1S/C33H36F2N6O3/c1-22-30(39-16-14-38(15-17-39)19-23-8-6-11-25(18-23)31(42)37-2)32(43)41(21-29(36)24-9-4-3-5-10-24)33(44)40(22)20-26-27(34)12-7-13-28(26)35/h3-13,18,29H,14-17,19-21,36H2,1-2H3,(H,37,42)/t29-/m0/s1. The number of anilines is 1. The molecule has 5 rings (SSSR count). The van der Waals surface area contributed by atoms with Gasteiger partial charge in [-0.25, -0.2) is 13.6 Å². The first-order chi connectivity index (χ1) is 21.2. The highest BCUT2D eigenvalue weighted by Gasteiger charge is 2.27. The van der Waals surface area contributed by atoms with Gasteiger partial charge in [-0.2, -0.15) is 0 Å². The smallest absolute Gasteiger partial charge is 0.331 e. The molecular weight excluding hydrogens is 566 g/mol. The average molecular weight is 603 g/mol. The predicted octanol–water partition coefficient (Wildman–Crippen LogP) is 3.03. The summed E-state index contributed by atoms with van der Waals surface area (Å²) in [4.78, 5) is 43.9. The molecule has 230 valence electrons. The molecule has 3 N–H and O–H groups in total. The van der Waals surface area contributed by atoms with Gasteiger partial charge in [0.2, 0.25) is 0 Å². The number of hydrogen-bond donors (Lipinski definition) is 2. The number of benzene rings is 3. The maximum atomic E-state index is 14.7. The Kier molecular flexibility index (Phi) is 9.36. The Morgan fingerprint density at radius 2 is 1.55 bits per heavy atom. The zero-order chi connectivity index (χ0) is 31.4. The summed E-state index contributed by atoms with van der Waals surface area (Å²) >= 11 is 0. The molecule has 1 aromatic heterocycles. The van der Waals surface area contributed by atoms with E-state index in [2.05, 4.69) is 10.2 Å². The van der Waals surface area contributed by atoms with Crippen LogP contribution in [0.15, 0.2) is 82.4 Å². The second kappa shape index (κ2) is 13.4. The van der Waals surface area contributed by atoms with Crippen molar-refractivity contribution in [2.24, 2.45) is 5.73 Å². The monoisotopic (exact) mass is 602 g/mol. The first-order valence-corrected chi connectivity index (χ1v) is 14.5. The van der Waals surface area contributed by atoms with E-state index in [1.54, 1.807) is 20.0 Å². The van der Waals surface area contributed by atoms with E-state index in [-0.39, 0.29) is 24.6 Å². The predicted molar refractivity (Wildman–Crippen MR) is 166 cm³/mol. The van der Waals surface area contributed by atoms with E-state index >= 15 is 0 Å². The lowest BCUT2D eigenvalue weighted by molar-refractivity contribution is 0.0963. The van der Waals surface area contributed by atoms with Crippen molar-refractivity contribution >= 4 is 11.6 Å². The van der Waals surface area contributed by atoms with E-state index in [0.717, 1.165) is 27.8 Å². The highest BCUT2D eigenvalue weighted by molar-refractivity contribution is 5.94. The van der Waals surface area contributed by atoms with Gasteiger partial charge in [-0.15, -0.1) is 0 Å². The summed E-state index contributed by atoms with van der Waals surface area (Å²) in [6.45, 7) is 4.00. The minimum Gasteiger partial charge on any atom is -0.363 e. The first-order valence-electron chi connectivity index (χ1n) is 14.5. The highest BCUT2D eigenvalue weighted by Crippen LogP contribution is 2.21. The quantitative estimate of drug-likeness (QED) is 0.305. The van der Waals surface area contributed by atoms with Gasteiger partial charge in [0.05, 0.1) is 13.1 Å². The zero-order valence-electron chi connectivity index (χ0n) is 24.8. The Balaban J connectivity index is 1.46. The van der Waals surface area contributed by atoms with Gasteiger partial charge in [-0.3, -0.25) is 23.6 Å². The molecule has 3 aromatic carbocycles. The number of aromatic nitrogens is 2. The molecular formula is C33H36F2N6O3. The van der Waals surface area contributed by atoms with E-state index in [4.69, 9.17) is 5.73 Å². The van der Waals surface area contributed by atoms with Gasteiger partial charge in [0.1, 0.15) is 17.3 Å². The lowest BCUT2D eigenvalue weighted by Crippen LogP contribution is -2.51. The number of hydrogen-bond acceptors (Lipinski definition) is 6. The molecule has 1 atom stereocenters. The van der Waals surface area contributed by atoms with Crippen molar-refractivity contribution in [3.8, 4) is 0 Å². The maximum absolute atomic E-state index is 14.7. The fraction of sp³-hybridized carbons (Fsp3) is 0.303. The van der Waals surface area contributed by atoms with Crippen molar-refractivity contribution in [1.29, 1.82) is 0 Å². The van der Waals surface area contributed by atoms with Crippen LogP contribution in [0.2, 0.25) is 0 Å². The zero-order valence-corrected chi connectivity index (χ0v) is 24.8. The van der Waals surface area contributed by atoms with Crippen LogP contribution in [-0.4, -0.2) is 53.2 Å². The van der Waals surface area contributed by atoms with E-state index in [0.29, 0.717) is 49.7 Å². The third kappa shape index (κ3) is 6.48. The molecule has 4 aromatic rings. The van der Waals surface area contributed by atoms with Gasteiger partial charge < -0.3 is 16.0 Å². The van der Waals surface area contributed by atoms with Crippen LogP contribution in [0.25, 0.3) is 0 Å². The Bertz CT molecular complexity index is 1740. The van der Waals surface area contributed by atoms with Crippen LogP contribution in [0.5, 0.6) is 0 Å². The fourth-order valence-electron chi connectivity index (χ4n) is 5.68. The molecule has 44 heavy (non-hydrogen) atoms. The minimum atomic E-state index is -0.773. The number of piperazine rings is 1. The van der Waals surface area contributed by atoms with Crippen LogP contribution < -0.4 is 27.2 Å². The average Bonchev–Trinajstić information content (AvgIpc) is 3.03. The molecule has 0 radical (unpaired) electrons. The van der Waals surface area contributed by atoms with E-state index in [9.17, 15) is 23.2 Å². The van der Waals surface area contributed by atoms with E-state index in [1.165, 1.54) is 10.6 Å².